The molecule has 0 saturated heterocycles. The van der Waals surface area contributed by atoms with E-state index >= 15 is 0 Å². The second kappa shape index (κ2) is 7.59. The van der Waals surface area contributed by atoms with Crippen molar-refractivity contribution in [3.63, 3.8) is 0 Å². The molecular formula is C16H25F2N. The molecule has 1 rings (SSSR count). The van der Waals surface area contributed by atoms with Crippen molar-refractivity contribution in [1.82, 2.24) is 5.32 Å². The van der Waals surface area contributed by atoms with Crippen molar-refractivity contribution >= 4 is 0 Å². The molecule has 0 bridgehead atoms. The van der Waals surface area contributed by atoms with Crippen molar-refractivity contribution < 1.29 is 8.78 Å². The average molecular weight is 269 g/mol. The second-order valence-corrected chi connectivity index (χ2v) is 5.10. The van der Waals surface area contributed by atoms with Gasteiger partial charge in [-0.1, -0.05) is 39.7 Å². The number of nitrogens with one attached hydrogen (secondary N) is 1. The van der Waals surface area contributed by atoms with E-state index < -0.39 is 11.6 Å². The molecule has 0 aliphatic heterocycles. The molecule has 0 heterocycles. The molecule has 19 heavy (non-hydrogen) atoms. The van der Waals surface area contributed by atoms with Crippen molar-refractivity contribution in [3.05, 3.63) is 34.9 Å². The minimum absolute atomic E-state index is 0.210. The topological polar surface area (TPSA) is 12.0 Å². The molecule has 1 unspecified atom stereocenters. The normalized spacial score (nSPS) is 13.0. The first-order valence-electron chi connectivity index (χ1n) is 7.24. The summed E-state index contributed by atoms with van der Waals surface area (Å²) in [4.78, 5) is 0. The van der Waals surface area contributed by atoms with Crippen LogP contribution in [0, 0.1) is 24.5 Å². The van der Waals surface area contributed by atoms with Crippen molar-refractivity contribution in [3.8, 4) is 0 Å². The van der Waals surface area contributed by atoms with E-state index in [1.807, 2.05) is 0 Å². The third-order valence-corrected chi connectivity index (χ3v) is 3.77. The molecule has 0 fully saturated rings. The Kier molecular flexibility index (Phi) is 6.43. The van der Waals surface area contributed by atoms with Gasteiger partial charge in [0.2, 0.25) is 0 Å². The van der Waals surface area contributed by atoms with E-state index in [0.29, 0.717) is 5.56 Å². The number of aryl methyl sites for hydroxylation is 1. The lowest BCUT2D eigenvalue weighted by molar-refractivity contribution is 0.322. The summed E-state index contributed by atoms with van der Waals surface area (Å²) in [6.07, 6.45) is 2.76. The van der Waals surface area contributed by atoms with Gasteiger partial charge in [-0.3, -0.25) is 0 Å². The first kappa shape index (κ1) is 16.1. The zero-order valence-electron chi connectivity index (χ0n) is 12.4. The van der Waals surface area contributed by atoms with Crippen LogP contribution in [0.25, 0.3) is 0 Å². The summed E-state index contributed by atoms with van der Waals surface area (Å²) >= 11 is 0. The van der Waals surface area contributed by atoms with Gasteiger partial charge >= 0.3 is 0 Å². The Morgan fingerprint density at radius 2 is 1.74 bits per heavy atom. The van der Waals surface area contributed by atoms with Crippen LogP contribution in [0.4, 0.5) is 8.78 Å². The minimum Gasteiger partial charge on any atom is -0.310 e. The molecular weight excluding hydrogens is 244 g/mol. The molecule has 108 valence electrons. The second-order valence-electron chi connectivity index (χ2n) is 5.10. The van der Waals surface area contributed by atoms with Crippen LogP contribution in [-0.4, -0.2) is 6.54 Å². The number of hydrogen-bond acceptors (Lipinski definition) is 1. The van der Waals surface area contributed by atoms with E-state index in [2.05, 4.69) is 26.1 Å². The van der Waals surface area contributed by atoms with Crippen LogP contribution in [0.1, 0.15) is 57.2 Å². The van der Waals surface area contributed by atoms with Crippen LogP contribution in [-0.2, 0) is 0 Å². The van der Waals surface area contributed by atoms with Crippen LogP contribution in [0.15, 0.2) is 12.1 Å². The highest BCUT2D eigenvalue weighted by Gasteiger charge is 2.26. The fourth-order valence-electron chi connectivity index (χ4n) is 2.53. The van der Waals surface area contributed by atoms with E-state index in [1.54, 1.807) is 6.92 Å². The van der Waals surface area contributed by atoms with Crippen molar-refractivity contribution in [2.45, 2.75) is 53.0 Å². The van der Waals surface area contributed by atoms with Gasteiger partial charge in [-0.25, -0.2) is 8.78 Å². The SMILES string of the molecule is CCCNC(c1c(F)ccc(C)c1F)C(CC)CC. The summed E-state index contributed by atoms with van der Waals surface area (Å²) in [6, 6.07) is 2.63. The molecule has 0 aliphatic carbocycles. The number of halogens is 2. The maximum atomic E-state index is 14.3. The quantitative estimate of drug-likeness (QED) is 0.753. The molecule has 3 heteroatoms. The van der Waals surface area contributed by atoms with E-state index in [1.165, 1.54) is 12.1 Å². The molecule has 1 aromatic carbocycles. The Morgan fingerprint density at radius 3 is 2.26 bits per heavy atom. The van der Waals surface area contributed by atoms with Crippen LogP contribution in [0.3, 0.4) is 0 Å². The minimum atomic E-state index is -0.441. The molecule has 0 radical (unpaired) electrons. The molecule has 1 atom stereocenters. The van der Waals surface area contributed by atoms with Crippen molar-refractivity contribution in [2.24, 2.45) is 5.92 Å². The summed E-state index contributed by atoms with van der Waals surface area (Å²) < 4.78 is 28.4. The van der Waals surface area contributed by atoms with Gasteiger partial charge in [-0.15, -0.1) is 0 Å². The van der Waals surface area contributed by atoms with E-state index in [0.717, 1.165) is 25.8 Å². The number of hydrogen-bond donors (Lipinski definition) is 1. The van der Waals surface area contributed by atoms with Gasteiger partial charge in [-0.2, -0.15) is 0 Å². The number of rotatable bonds is 7. The Hall–Kier alpha value is -0.960. The van der Waals surface area contributed by atoms with Gasteiger partial charge in [0.15, 0.2) is 0 Å². The molecule has 0 aliphatic rings. The maximum absolute atomic E-state index is 14.3. The monoisotopic (exact) mass is 269 g/mol. The van der Waals surface area contributed by atoms with Crippen molar-refractivity contribution in [2.75, 3.05) is 6.54 Å². The standard InChI is InChI=1S/C16H25F2N/c1-5-10-19-16(12(6-2)7-3)14-13(17)9-8-11(4)15(14)18/h8-9,12,16,19H,5-7,10H2,1-4H3. The van der Waals surface area contributed by atoms with Crippen LogP contribution < -0.4 is 5.32 Å². The van der Waals surface area contributed by atoms with E-state index in [4.69, 9.17) is 0 Å². The Bertz CT molecular complexity index is 400. The molecule has 0 aromatic heterocycles. The van der Waals surface area contributed by atoms with Crippen molar-refractivity contribution in [1.29, 1.82) is 0 Å². The molecule has 1 aromatic rings. The van der Waals surface area contributed by atoms with Gasteiger partial charge in [0.25, 0.3) is 0 Å². The summed E-state index contributed by atoms with van der Waals surface area (Å²) in [5, 5.41) is 3.32. The molecule has 1 nitrogen and oxygen atoms in total. The summed E-state index contributed by atoms with van der Waals surface area (Å²) in [5.41, 5.74) is 0.716. The smallest absolute Gasteiger partial charge is 0.133 e. The summed E-state index contributed by atoms with van der Waals surface area (Å²) in [6.45, 7) is 8.65. The van der Waals surface area contributed by atoms with Crippen LogP contribution >= 0.6 is 0 Å². The summed E-state index contributed by atoms with van der Waals surface area (Å²) in [7, 11) is 0. The van der Waals surface area contributed by atoms with Crippen LogP contribution in [0.2, 0.25) is 0 Å². The predicted octanol–water partition coefficient (Wildman–Crippen LogP) is 4.75. The first-order valence-corrected chi connectivity index (χ1v) is 7.24. The fraction of sp³-hybridized carbons (Fsp3) is 0.625. The Morgan fingerprint density at radius 1 is 1.11 bits per heavy atom. The van der Waals surface area contributed by atoms with Gasteiger partial charge in [-0.05, 0) is 37.4 Å². The third-order valence-electron chi connectivity index (χ3n) is 3.77. The lowest BCUT2D eigenvalue weighted by atomic mass is 9.87. The molecule has 0 saturated carbocycles. The average Bonchev–Trinajstić information content (AvgIpc) is 2.41. The van der Waals surface area contributed by atoms with Crippen LogP contribution in [0.5, 0.6) is 0 Å². The zero-order chi connectivity index (χ0) is 14.4. The molecule has 0 amide bonds. The highest BCUT2D eigenvalue weighted by molar-refractivity contribution is 5.29. The van der Waals surface area contributed by atoms with Gasteiger partial charge in [0, 0.05) is 11.6 Å². The lowest BCUT2D eigenvalue weighted by Crippen LogP contribution is -2.30. The highest BCUT2D eigenvalue weighted by atomic mass is 19.1. The maximum Gasteiger partial charge on any atom is 0.133 e. The number of benzene rings is 1. The van der Waals surface area contributed by atoms with E-state index in [9.17, 15) is 8.78 Å². The van der Waals surface area contributed by atoms with Gasteiger partial charge in [0.05, 0.1) is 0 Å². The highest BCUT2D eigenvalue weighted by Crippen LogP contribution is 2.32. The van der Waals surface area contributed by atoms with Gasteiger partial charge < -0.3 is 5.32 Å². The Balaban J connectivity index is 3.19. The largest absolute Gasteiger partial charge is 0.310 e. The van der Waals surface area contributed by atoms with Gasteiger partial charge in [0.1, 0.15) is 11.6 Å². The lowest BCUT2D eigenvalue weighted by Gasteiger charge is -2.28. The first-order chi connectivity index (χ1) is 9.06. The third kappa shape index (κ3) is 3.75. The van der Waals surface area contributed by atoms with E-state index in [-0.39, 0.29) is 17.5 Å². The predicted molar refractivity (Wildman–Crippen MR) is 76.2 cm³/mol. The summed E-state index contributed by atoms with van der Waals surface area (Å²) in [5.74, 6) is -0.596. The zero-order valence-corrected chi connectivity index (χ0v) is 12.4. The molecule has 0 spiro atoms. The molecule has 1 N–H and O–H groups in total. The fourth-order valence-corrected chi connectivity index (χ4v) is 2.53. The Labute approximate surface area is 115 Å².